The van der Waals surface area contributed by atoms with Gasteiger partial charge in [0.2, 0.25) is 5.88 Å². The van der Waals surface area contributed by atoms with Crippen LogP contribution in [0.4, 0.5) is 0 Å². The first-order valence-electron chi connectivity index (χ1n) is 8.23. The van der Waals surface area contributed by atoms with Gasteiger partial charge in [0.15, 0.2) is 0 Å². The van der Waals surface area contributed by atoms with Crippen molar-refractivity contribution in [1.82, 2.24) is 0 Å². The Labute approximate surface area is 166 Å². The minimum atomic E-state index is -0.567. The predicted molar refractivity (Wildman–Crippen MR) is 106 cm³/mol. The Morgan fingerprint density at radius 3 is 2.56 bits per heavy atom. The summed E-state index contributed by atoms with van der Waals surface area (Å²) in [4.78, 5) is 12.5. The summed E-state index contributed by atoms with van der Waals surface area (Å²) in [5.41, 5.74) is 7.85. The summed E-state index contributed by atoms with van der Waals surface area (Å²) in [7, 11) is 1.30. The van der Waals surface area contributed by atoms with E-state index in [-0.39, 0.29) is 11.5 Å². The Morgan fingerprint density at radius 1 is 1.07 bits per heavy atom. The third-order valence-corrected chi connectivity index (χ3v) is 5.23. The van der Waals surface area contributed by atoms with Crippen LogP contribution in [0.2, 0.25) is 10.0 Å². The van der Waals surface area contributed by atoms with E-state index in [1.165, 1.54) is 7.11 Å². The van der Waals surface area contributed by atoms with Crippen LogP contribution in [0.3, 0.4) is 0 Å². The molecule has 0 fully saturated rings. The Hall–Kier alpha value is -2.69. The van der Waals surface area contributed by atoms with Crippen LogP contribution in [0.15, 0.2) is 66.1 Å². The quantitative estimate of drug-likeness (QED) is 0.614. The molecule has 3 aromatic carbocycles. The first kappa shape index (κ1) is 17.7. The van der Waals surface area contributed by atoms with E-state index in [9.17, 15) is 4.79 Å². The average molecular weight is 400 g/mol. The number of methoxy groups -OCH3 is 1. The summed E-state index contributed by atoms with van der Waals surface area (Å²) in [6, 6.07) is 16.9. The number of rotatable bonds is 2. The van der Waals surface area contributed by atoms with Crippen LogP contribution >= 0.6 is 23.2 Å². The van der Waals surface area contributed by atoms with Crippen LogP contribution in [-0.4, -0.2) is 13.1 Å². The van der Waals surface area contributed by atoms with Gasteiger partial charge in [0, 0.05) is 21.0 Å². The summed E-state index contributed by atoms with van der Waals surface area (Å²) in [5.74, 6) is -0.492. The van der Waals surface area contributed by atoms with Crippen molar-refractivity contribution in [3.63, 3.8) is 0 Å². The molecule has 0 saturated heterocycles. The average Bonchev–Trinajstić information content (AvgIpc) is 2.66. The smallest absolute Gasteiger partial charge is 0.340 e. The normalized spacial score (nSPS) is 16.0. The van der Waals surface area contributed by atoms with E-state index >= 15 is 0 Å². The third-order valence-electron chi connectivity index (χ3n) is 4.67. The Morgan fingerprint density at radius 2 is 1.81 bits per heavy atom. The number of nitrogens with two attached hydrogens (primary N) is 1. The molecular formula is C21H15Cl2NO3. The molecule has 0 aliphatic carbocycles. The molecule has 1 atom stereocenters. The van der Waals surface area contributed by atoms with Crippen molar-refractivity contribution in [2.75, 3.05) is 7.11 Å². The second-order valence-corrected chi connectivity index (χ2v) is 7.02. The molecule has 2 N–H and O–H groups in total. The van der Waals surface area contributed by atoms with E-state index in [1.54, 1.807) is 18.2 Å². The molecule has 0 amide bonds. The summed E-state index contributed by atoms with van der Waals surface area (Å²) in [6.45, 7) is 0. The molecule has 4 rings (SSSR count). The second kappa shape index (κ2) is 6.80. The number of carbonyl (C=O) groups is 1. The van der Waals surface area contributed by atoms with Crippen molar-refractivity contribution in [2.24, 2.45) is 5.73 Å². The molecule has 6 heteroatoms. The second-order valence-electron chi connectivity index (χ2n) is 6.18. The molecule has 27 heavy (non-hydrogen) atoms. The number of ether oxygens (including phenoxy) is 2. The third kappa shape index (κ3) is 2.91. The number of hydrogen-bond acceptors (Lipinski definition) is 4. The molecule has 4 nitrogen and oxygen atoms in total. The largest absolute Gasteiger partial charge is 0.465 e. The van der Waals surface area contributed by atoms with Gasteiger partial charge in [-0.1, -0.05) is 65.7 Å². The van der Waals surface area contributed by atoms with E-state index in [0.717, 1.165) is 16.3 Å². The predicted octanol–water partition coefficient (Wildman–Crippen LogP) is 5.01. The van der Waals surface area contributed by atoms with Crippen LogP contribution < -0.4 is 10.5 Å². The van der Waals surface area contributed by atoms with E-state index < -0.39 is 11.9 Å². The number of hydrogen-bond donors (Lipinski definition) is 1. The highest BCUT2D eigenvalue weighted by Crippen LogP contribution is 2.47. The lowest BCUT2D eigenvalue weighted by Crippen LogP contribution is -2.27. The monoisotopic (exact) mass is 399 g/mol. The van der Waals surface area contributed by atoms with Crippen molar-refractivity contribution in [3.8, 4) is 5.75 Å². The van der Waals surface area contributed by atoms with Gasteiger partial charge in [0.25, 0.3) is 0 Å². The molecule has 0 radical (unpaired) electrons. The molecule has 1 aliphatic heterocycles. The molecule has 0 saturated carbocycles. The van der Waals surface area contributed by atoms with Gasteiger partial charge in [0.05, 0.1) is 13.0 Å². The Bertz CT molecular complexity index is 1110. The highest BCUT2D eigenvalue weighted by molar-refractivity contribution is 6.35. The van der Waals surface area contributed by atoms with Gasteiger partial charge >= 0.3 is 5.97 Å². The van der Waals surface area contributed by atoms with Crippen molar-refractivity contribution in [2.45, 2.75) is 5.92 Å². The summed E-state index contributed by atoms with van der Waals surface area (Å²) < 4.78 is 10.8. The number of esters is 1. The zero-order valence-corrected chi connectivity index (χ0v) is 15.8. The topological polar surface area (TPSA) is 61.5 Å². The fourth-order valence-corrected chi connectivity index (χ4v) is 3.97. The van der Waals surface area contributed by atoms with Crippen LogP contribution in [0.1, 0.15) is 17.0 Å². The molecule has 0 aromatic heterocycles. The van der Waals surface area contributed by atoms with Crippen LogP contribution in [-0.2, 0) is 9.53 Å². The zero-order chi connectivity index (χ0) is 19.1. The molecule has 1 aliphatic rings. The van der Waals surface area contributed by atoms with E-state index in [4.69, 9.17) is 38.4 Å². The van der Waals surface area contributed by atoms with Gasteiger partial charge in [-0.25, -0.2) is 4.79 Å². The minimum Gasteiger partial charge on any atom is -0.465 e. The number of benzene rings is 3. The Kier molecular flexibility index (Phi) is 4.46. The highest BCUT2D eigenvalue weighted by Gasteiger charge is 2.37. The fourth-order valence-electron chi connectivity index (χ4n) is 3.45. The number of fused-ring (bicyclic) bond motifs is 3. The van der Waals surface area contributed by atoms with Crippen LogP contribution in [0.25, 0.3) is 10.8 Å². The molecule has 136 valence electrons. The van der Waals surface area contributed by atoms with Gasteiger partial charge < -0.3 is 15.2 Å². The van der Waals surface area contributed by atoms with Crippen LogP contribution in [0, 0.1) is 0 Å². The molecule has 0 bridgehead atoms. The standard InChI is InChI=1S/C21H15Cl2NO3/c1-26-21(25)18-17(14-9-7-12(22)10-16(14)23)15-8-6-11-4-2-3-5-13(11)19(15)27-20(18)24/h2-10,17H,24H2,1H3/t17-/m0/s1. The van der Waals surface area contributed by atoms with Crippen molar-refractivity contribution in [3.05, 3.63) is 87.2 Å². The van der Waals surface area contributed by atoms with E-state index in [1.807, 2.05) is 36.4 Å². The number of carbonyl (C=O) groups excluding carboxylic acids is 1. The summed E-state index contributed by atoms with van der Waals surface area (Å²) in [5, 5.41) is 2.84. The minimum absolute atomic E-state index is 0.00159. The van der Waals surface area contributed by atoms with Crippen molar-refractivity contribution >= 4 is 39.9 Å². The van der Waals surface area contributed by atoms with E-state index in [2.05, 4.69) is 0 Å². The highest BCUT2D eigenvalue weighted by atomic mass is 35.5. The van der Waals surface area contributed by atoms with Gasteiger partial charge in [0.1, 0.15) is 11.3 Å². The summed E-state index contributed by atoms with van der Waals surface area (Å²) in [6.07, 6.45) is 0. The first-order valence-corrected chi connectivity index (χ1v) is 8.99. The van der Waals surface area contributed by atoms with Gasteiger partial charge in [-0.15, -0.1) is 0 Å². The fraction of sp³-hybridized carbons (Fsp3) is 0.0952. The molecule has 0 spiro atoms. The van der Waals surface area contributed by atoms with Crippen LogP contribution in [0.5, 0.6) is 5.75 Å². The van der Waals surface area contributed by atoms with Gasteiger partial charge in [-0.3, -0.25) is 0 Å². The maximum atomic E-state index is 12.5. The van der Waals surface area contributed by atoms with Gasteiger partial charge in [-0.2, -0.15) is 0 Å². The number of halogens is 2. The lowest BCUT2D eigenvalue weighted by Gasteiger charge is -2.29. The molecular weight excluding hydrogens is 385 g/mol. The lowest BCUT2D eigenvalue weighted by molar-refractivity contribution is -0.136. The van der Waals surface area contributed by atoms with Crippen molar-refractivity contribution < 1.29 is 14.3 Å². The lowest BCUT2D eigenvalue weighted by atomic mass is 9.82. The molecule has 0 unspecified atom stereocenters. The van der Waals surface area contributed by atoms with E-state index in [0.29, 0.717) is 21.4 Å². The summed E-state index contributed by atoms with van der Waals surface area (Å²) >= 11 is 12.5. The van der Waals surface area contributed by atoms with Crippen molar-refractivity contribution in [1.29, 1.82) is 0 Å². The maximum absolute atomic E-state index is 12.5. The molecule has 3 aromatic rings. The molecule has 1 heterocycles. The maximum Gasteiger partial charge on any atom is 0.340 e. The van der Waals surface area contributed by atoms with Gasteiger partial charge in [-0.05, 0) is 23.1 Å². The Balaban J connectivity index is 2.03. The SMILES string of the molecule is COC(=O)C1=C(N)Oc2c(ccc3ccccc23)[C@@H]1c1ccc(Cl)cc1Cl. The first-order chi connectivity index (χ1) is 13.0. The zero-order valence-electron chi connectivity index (χ0n) is 14.3.